The van der Waals surface area contributed by atoms with E-state index in [-0.39, 0.29) is 25.0 Å². The predicted molar refractivity (Wildman–Crippen MR) is 124 cm³/mol. The maximum absolute atomic E-state index is 12.6. The number of carboxylic acid groups (broad SMARTS) is 2. The monoisotopic (exact) mass is 495 g/mol. The van der Waals surface area contributed by atoms with Crippen molar-refractivity contribution < 1.29 is 39.3 Å². The Kier molecular flexibility index (Phi) is 12.8. The minimum Gasteiger partial charge on any atom is -0.508 e. The van der Waals surface area contributed by atoms with Gasteiger partial charge in [0.15, 0.2) is 0 Å². The van der Waals surface area contributed by atoms with E-state index in [4.69, 9.17) is 16.6 Å². The zero-order valence-corrected chi connectivity index (χ0v) is 19.2. The molecule has 0 aliphatic carbocycles. The van der Waals surface area contributed by atoms with Crippen LogP contribution in [-0.4, -0.2) is 76.2 Å². The molecule has 1 aromatic rings. The van der Waals surface area contributed by atoms with E-state index in [1.807, 2.05) is 0 Å². The third-order valence-electron chi connectivity index (χ3n) is 5.01. The molecule has 194 valence electrons. The Morgan fingerprint density at radius 2 is 1.54 bits per heavy atom. The average Bonchev–Trinajstić information content (AvgIpc) is 2.80. The van der Waals surface area contributed by atoms with Crippen LogP contribution in [-0.2, 0) is 30.4 Å². The highest BCUT2D eigenvalue weighted by atomic mass is 16.4. The van der Waals surface area contributed by atoms with E-state index in [1.54, 1.807) is 12.1 Å². The van der Waals surface area contributed by atoms with Crippen molar-refractivity contribution in [1.29, 1.82) is 0 Å². The van der Waals surface area contributed by atoms with E-state index in [2.05, 4.69) is 16.0 Å². The number of rotatable bonds is 16. The largest absolute Gasteiger partial charge is 0.508 e. The number of carboxylic acids is 2. The molecule has 0 aliphatic heterocycles. The number of benzene rings is 1. The van der Waals surface area contributed by atoms with Crippen molar-refractivity contribution >= 4 is 29.7 Å². The second kappa shape index (κ2) is 15.2. The van der Waals surface area contributed by atoms with Gasteiger partial charge in [0.05, 0.1) is 12.6 Å². The molecule has 1 aromatic carbocycles. The number of aliphatic carboxylic acids is 2. The summed E-state index contributed by atoms with van der Waals surface area (Å²) in [6, 6.07) is 2.56. The second-order valence-corrected chi connectivity index (χ2v) is 7.93. The third-order valence-corrected chi connectivity index (χ3v) is 5.01. The van der Waals surface area contributed by atoms with Gasteiger partial charge in [-0.3, -0.25) is 19.2 Å². The Morgan fingerprint density at radius 1 is 0.886 bits per heavy atom. The number of phenols is 1. The lowest BCUT2D eigenvalue weighted by Gasteiger charge is -2.21. The van der Waals surface area contributed by atoms with Gasteiger partial charge in [-0.15, -0.1) is 0 Å². The Labute approximate surface area is 202 Å². The molecule has 0 aliphatic rings. The minimum absolute atomic E-state index is 0.0650. The molecule has 0 spiro atoms. The van der Waals surface area contributed by atoms with Gasteiger partial charge in [-0.2, -0.15) is 0 Å². The molecular weight excluding hydrogens is 462 g/mol. The van der Waals surface area contributed by atoms with E-state index in [9.17, 15) is 34.2 Å². The summed E-state index contributed by atoms with van der Waals surface area (Å²) in [7, 11) is 0. The fourth-order valence-electron chi connectivity index (χ4n) is 3.08. The van der Waals surface area contributed by atoms with Crippen molar-refractivity contribution in [3.63, 3.8) is 0 Å². The molecule has 0 heterocycles. The van der Waals surface area contributed by atoms with Gasteiger partial charge in [0, 0.05) is 6.42 Å². The van der Waals surface area contributed by atoms with Crippen molar-refractivity contribution in [3.05, 3.63) is 29.8 Å². The van der Waals surface area contributed by atoms with Crippen molar-refractivity contribution in [2.24, 2.45) is 11.5 Å². The maximum atomic E-state index is 12.6. The third kappa shape index (κ3) is 11.8. The van der Waals surface area contributed by atoms with Gasteiger partial charge in [0.1, 0.15) is 17.8 Å². The molecule has 35 heavy (non-hydrogen) atoms. The van der Waals surface area contributed by atoms with Crippen LogP contribution < -0.4 is 27.4 Å². The molecule has 13 nitrogen and oxygen atoms in total. The molecule has 3 atom stereocenters. The first kappa shape index (κ1) is 29.3. The van der Waals surface area contributed by atoms with Crippen LogP contribution in [0.4, 0.5) is 0 Å². The number of amides is 3. The van der Waals surface area contributed by atoms with Crippen molar-refractivity contribution in [3.8, 4) is 5.75 Å². The number of phenolic OH excluding ortho intramolecular Hbond substituents is 1. The molecule has 1 rings (SSSR count). The molecular formula is C22H33N5O8. The molecule has 3 unspecified atom stereocenters. The highest BCUT2D eigenvalue weighted by molar-refractivity contribution is 5.92. The minimum atomic E-state index is -1.32. The molecule has 0 saturated heterocycles. The number of nitrogens with two attached hydrogens (primary N) is 2. The topological polar surface area (TPSA) is 234 Å². The summed E-state index contributed by atoms with van der Waals surface area (Å²) in [4.78, 5) is 59.5. The van der Waals surface area contributed by atoms with Crippen LogP contribution in [0.1, 0.15) is 37.7 Å². The zero-order chi connectivity index (χ0) is 26.4. The van der Waals surface area contributed by atoms with E-state index < -0.39 is 60.8 Å². The van der Waals surface area contributed by atoms with Gasteiger partial charge in [0.2, 0.25) is 17.7 Å². The Morgan fingerprint density at radius 3 is 2.11 bits per heavy atom. The fraction of sp³-hybridized carbons (Fsp3) is 0.500. The van der Waals surface area contributed by atoms with Crippen molar-refractivity contribution in [2.45, 2.75) is 56.7 Å². The molecule has 0 saturated carbocycles. The number of nitrogens with one attached hydrogen (secondary N) is 3. The first-order chi connectivity index (χ1) is 16.5. The van der Waals surface area contributed by atoms with Gasteiger partial charge in [-0.25, -0.2) is 4.79 Å². The van der Waals surface area contributed by atoms with Crippen LogP contribution >= 0.6 is 0 Å². The standard InChI is InChI=1S/C22H33N5O8/c23-10-2-1-3-17(22(34)35)27-21(33)16(8-9-19(30)31)26-18(29)12-25-20(32)15(24)11-13-4-6-14(28)7-5-13/h4-7,15-17,28H,1-3,8-12,23-24H2,(H,25,32)(H,26,29)(H,27,33)(H,30,31)(H,34,35). The summed E-state index contributed by atoms with van der Waals surface area (Å²) in [5.74, 6) is -4.68. The van der Waals surface area contributed by atoms with E-state index in [1.165, 1.54) is 12.1 Å². The summed E-state index contributed by atoms with van der Waals surface area (Å²) >= 11 is 0. The van der Waals surface area contributed by atoms with Crippen LogP contribution in [0.5, 0.6) is 5.75 Å². The molecule has 3 amide bonds. The van der Waals surface area contributed by atoms with Crippen LogP contribution in [0.25, 0.3) is 0 Å². The average molecular weight is 496 g/mol. The van der Waals surface area contributed by atoms with Crippen LogP contribution in [0.2, 0.25) is 0 Å². The molecule has 0 fully saturated rings. The molecule has 0 aromatic heterocycles. The number of carbonyl (C=O) groups is 5. The molecule has 10 N–H and O–H groups in total. The van der Waals surface area contributed by atoms with Crippen LogP contribution in [0.15, 0.2) is 24.3 Å². The maximum Gasteiger partial charge on any atom is 0.326 e. The smallest absolute Gasteiger partial charge is 0.326 e. The Hall–Kier alpha value is -3.71. The highest BCUT2D eigenvalue weighted by Crippen LogP contribution is 2.11. The van der Waals surface area contributed by atoms with Gasteiger partial charge >= 0.3 is 11.9 Å². The van der Waals surface area contributed by atoms with Gasteiger partial charge in [-0.05, 0) is 56.3 Å². The van der Waals surface area contributed by atoms with Gasteiger partial charge in [0.25, 0.3) is 0 Å². The predicted octanol–water partition coefficient (Wildman–Crippen LogP) is -1.57. The summed E-state index contributed by atoms with van der Waals surface area (Å²) in [5.41, 5.74) is 11.9. The van der Waals surface area contributed by atoms with Gasteiger partial charge < -0.3 is 42.7 Å². The fourth-order valence-corrected chi connectivity index (χ4v) is 3.08. The Balaban J connectivity index is 2.66. The van der Waals surface area contributed by atoms with E-state index in [0.29, 0.717) is 24.9 Å². The molecule has 0 bridgehead atoms. The van der Waals surface area contributed by atoms with E-state index >= 15 is 0 Å². The lowest BCUT2D eigenvalue weighted by Crippen LogP contribution is -2.54. The Bertz CT molecular complexity index is 877. The lowest BCUT2D eigenvalue weighted by molar-refractivity contribution is -0.143. The normalized spacial score (nSPS) is 13.2. The number of unbranched alkanes of at least 4 members (excludes halogenated alkanes) is 1. The van der Waals surface area contributed by atoms with Crippen molar-refractivity contribution in [1.82, 2.24) is 16.0 Å². The number of hydrogen-bond donors (Lipinski definition) is 8. The number of aromatic hydroxyl groups is 1. The van der Waals surface area contributed by atoms with Crippen LogP contribution in [0.3, 0.4) is 0 Å². The zero-order valence-electron chi connectivity index (χ0n) is 19.2. The number of hydrogen-bond acceptors (Lipinski definition) is 8. The second-order valence-electron chi connectivity index (χ2n) is 7.93. The lowest BCUT2D eigenvalue weighted by atomic mass is 10.1. The molecule has 13 heteroatoms. The van der Waals surface area contributed by atoms with E-state index in [0.717, 1.165) is 0 Å². The van der Waals surface area contributed by atoms with Crippen LogP contribution in [0, 0.1) is 0 Å². The summed E-state index contributed by atoms with van der Waals surface area (Å²) in [6.45, 7) is -0.167. The number of carbonyl (C=O) groups excluding carboxylic acids is 3. The van der Waals surface area contributed by atoms with Gasteiger partial charge in [-0.1, -0.05) is 12.1 Å². The first-order valence-electron chi connectivity index (χ1n) is 11.1. The van der Waals surface area contributed by atoms with Crippen molar-refractivity contribution in [2.75, 3.05) is 13.1 Å². The summed E-state index contributed by atoms with van der Waals surface area (Å²) < 4.78 is 0. The first-order valence-corrected chi connectivity index (χ1v) is 11.1. The summed E-state index contributed by atoms with van der Waals surface area (Å²) in [6.07, 6.45) is 0.554. The highest BCUT2D eigenvalue weighted by Gasteiger charge is 2.27. The quantitative estimate of drug-likeness (QED) is 0.123. The summed E-state index contributed by atoms with van der Waals surface area (Å²) in [5, 5.41) is 34.5. The SMILES string of the molecule is NCCCCC(NC(=O)C(CCC(=O)O)NC(=O)CNC(=O)C(N)Cc1ccc(O)cc1)C(=O)O. The molecule has 0 radical (unpaired) electrons.